The summed E-state index contributed by atoms with van der Waals surface area (Å²) >= 11 is 10.8. The molecule has 0 amide bonds. The predicted octanol–water partition coefficient (Wildman–Crippen LogP) is 4.64. The van der Waals surface area contributed by atoms with Crippen LogP contribution in [-0.4, -0.2) is 115 Å². The van der Waals surface area contributed by atoms with Gasteiger partial charge in [0.2, 0.25) is 20.0 Å². The van der Waals surface area contributed by atoms with Crippen molar-refractivity contribution in [3.63, 3.8) is 0 Å². The second-order valence-electron chi connectivity index (χ2n) is 9.56. The first kappa shape index (κ1) is 41.6. The molecule has 0 saturated carbocycles. The van der Waals surface area contributed by atoms with Gasteiger partial charge in [-0.1, -0.05) is 0 Å². The van der Waals surface area contributed by atoms with Crippen molar-refractivity contribution in [3.05, 3.63) is 48.5 Å². The molecular formula is C26H36Cl2F6N4O6S2. The van der Waals surface area contributed by atoms with Gasteiger partial charge in [0, 0.05) is 62.4 Å². The third kappa shape index (κ3) is 18.1. The molecule has 20 heteroatoms. The van der Waals surface area contributed by atoms with Gasteiger partial charge in [0.15, 0.2) is 13.2 Å². The molecule has 0 aromatic heterocycles. The Morgan fingerprint density at radius 2 is 1.13 bits per heavy atom. The summed E-state index contributed by atoms with van der Waals surface area (Å²) < 4.78 is 128. The fourth-order valence-electron chi connectivity index (χ4n) is 3.56. The molecule has 0 bridgehead atoms. The van der Waals surface area contributed by atoms with Crippen LogP contribution in [0.25, 0.3) is 0 Å². The monoisotopic (exact) mass is 748 g/mol. The smallest absolute Gasteiger partial charge is 0.422 e. The number of halogens is 8. The van der Waals surface area contributed by atoms with Gasteiger partial charge >= 0.3 is 12.4 Å². The minimum absolute atomic E-state index is 0.149. The summed E-state index contributed by atoms with van der Waals surface area (Å²) in [6.45, 7) is -0.0848. The van der Waals surface area contributed by atoms with Gasteiger partial charge in [-0.05, 0) is 48.5 Å². The molecule has 1 heterocycles. The molecule has 2 aromatic carbocycles. The largest absolute Gasteiger partial charge is 0.484 e. The molecule has 0 spiro atoms. The highest BCUT2D eigenvalue weighted by atomic mass is 35.5. The number of nitrogens with two attached hydrogens (primary N) is 1. The number of hydrogen-bond acceptors (Lipinski definition) is 8. The van der Waals surface area contributed by atoms with E-state index in [9.17, 15) is 43.2 Å². The van der Waals surface area contributed by atoms with Crippen LogP contribution in [0.15, 0.2) is 48.5 Å². The highest BCUT2D eigenvalue weighted by Gasteiger charge is 2.29. The molecule has 0 aliphatic carbocycles. The zero-order chi connectivity index (χ0) is 35.2. The Kier molecular flexibility index (Phi) is 17.0. The Labute approximate surface area is 275 Å². The van der Waals surface area contributed by atoms with Gasteiger partial charge in [0.05, 0.1) is 12.5 Å². The zero-order valence-electron chi connectivity index (χ0n) is 24.9. The molecule has 0 atom stereocenters. The van der Waals surface area contributed by atoms with Crippen molar-refractivity contribution >= 4 is 54.6 Å². The second kappa shape index (κ2) is 18.8. The molecule has 2 aromatic rings. The number of hydrogen-bond donors (Lipinski definition) is 1. The SMILES string of the molecule is CS(=O)(=O)N(CCCl)CCCl.CS(=O)(=O)N1CCN(c2ccc(OCC(F)(F)F)cc2)CC1.Nc1ccc(OCC(F)(F)F)cc1. The lowest BCUT2D eigenvalue weighted by Gasteiger charge is -2.34. The van der Waals surface area contributed by atoms with E-state index >= 15 is 0 Å². The Balaban J connectivity index is 0.000000377. The Bertz CT molecular complexity index is 1370. The fraction of sp³-hybridized carbons (Fsp3) is 0.538. The molecule has 1 saturated heterocycles. The van der Waals surface area contributed by atoms with Gasteiger partial charge < -0.3 is 20.1 Å². The van der Waals surface area contributed by atoms with E-state index in [4.69, 9.17) is 28.9 Å². The lowest BCUT2D eigenvalue weighted by Crippen LogP contribution is -2.48. The molecule has 1 fully saturated rings. The zero-order valence-corrected chi connectivity index (χ0v) is 28.0. The summed E-state index contributed by atoms with van der Waals surface area (Å²) in [5.41, 5.74) is 6.64. The van der Waals surface area contributed by atoms with E-state index in [1.54, 1.807) is 12.1 Å². The van der Waals surface area contributed by atoms with Gasteiger partial charge in [-0.15, -0.1) is 23.2 Å². The maximum absolute atomic E-state index is 12.1. The fourth-order valence-corrected chi connectivity index (χ4v) is 5.84. The number of anilines is 2. The van der Waals surface area contributed by atoms with Gasteiger partial charge in [-0.3, -0.25) is 0 Å². The van der Waals surface area contributed by atoms with E-state index in [1.807, 2.05) is 4.90 Å². The predicted molar refractivity (Wildman–Crippen MR) is 167 cm³/mol. The van der Waals surface area contributed by atoms with E-state index in [2.05, 4.69) is 9.47 Å². The highest BCUT2D eigenvalue weighted by molar-refractivity contribution is 7.88. The van der Waals surface area contributed by atoms with Crippen molar-refractivity contribution < 1.29 is 52.7 Å². The van der Waals surface area contributed by atoms with E-state index in [0.29, 0.717) is 56.7 Å². The average Bonchev–Trinajstić information content (AvgIpc) is 2.95. The minimum Gasteiger partial charge on any atom is -0.484 e. The molecule has 3 rings (SSSR count). The maximum Gasteiger partial charge on any atom is 0.422 e. The number of ether oxygens (including phenoxy) is 2. The Morgan fingerprint density at radius 1 is 0.739 bits per heavy atom. The van der Waals surface area contributed by atoms with Crippen LogP contribution in [0, 0.1) is 0 Å². The topological polar surface area (TPSA) is 122 Å². The van der Waals surface area contributed by atoms with Crippen molar-refractivity contribution in [2.45, 2.75) is 12.4 Å². The molecule has 10 nitrogen and oxygen atoms in total. The van der Waals surface area contributed by atoms with Gasteiger partial charge in [-0.25, -0.2) is 16.8 Å². The Morgan fingerprint density at radius 3 is 1.46 bits per heavy atom. The number of piperazine rings is 1. The number of alkyl halides is 8. The standard InChI is InChI=1S/C13H17F3N2O3S.C8H8F3NO.C5H11Cl2NO2S/c1-22(19,20)18-8-6-17(7-9-18)11-2-4-12(5-3-11)21-10-13(14,15)16;9-8(10,11)5-13-7-3-1-6(12)2-4-7;1-11(9,10)8(4-2-6)5-3-7/h2-5H,6-10H2,1H3;1-4H,5,12H2;2-5H2,1H3. The third-order valence-electron chi connectivity index (χ3n) is 5.73. The van der Waals surface area contributed by atoms with E-state index in [1.165, 1.54) is 51.3 Å². The first-order valence-electron chi connectivity index (χ1n) is 13.3. The second-order valence-corrected chi connectivity index (χ2v) is 14.3. The molecule has 1 aliphatic heterocycles. The van der Waals surface area contributed by atoms with E-state index in [0.717, 1.165) is 11.9 Å². The third-order valence-corrected chi connectivity index (χ3v) is 8.68. The van der Waals surface area contributed by atoms with Crippen molar-refractivity contribution in [3.8, 4) is 11.5 Å². The summed E-state index contributed by atoms with van der Waals surface area (Å²) in [5, 5.41) is 0. The van der Waals surface area contributed by atoms with Crippen LogP contribution >= 0.6 is 23.2 Å². The summed E-state index contributed by atoms with van der Waals surface area (Å²) in [5.74, 6) is 0.899. The van der Waals surface area contributed by atoms with Gasteiger partial charge in [0.25, 0.3) is 0 Å². The van der Waals surface area contributed by atoms with Crippen LogP contribution < -0.4 is 20.1 Å². The van der Waals surface area contributed by atoms with Crippen LogP contribution in [0.5, 0.6) is 11.5 Å². The number of sulfonamides is 2. The van der Waals surface area contributed by atoms with Gasteiger partial charge in [-0.2, -0.15) is 35.0 Å². The quantitative estimate of drug-likeness (QED) is 0.201. The molecule has 1 aliphatic rings. The van der Waals surface area contributed by atoms with Crippen LogP contribution in [0.2, 0.25) is 0 Å². The van der Waals surface area contributed by atoms with Crippen LogP contribution in [-0.2, 0) is 20.0 Å². The lowest BCUT2D eigenvalue weighted by atomic mass is 10.2. The summed E-state index contributed by atoms with van der Waals surface area (Å²) in [6.07, 6.45) is -6.34. The molecule has 46 heavy (non-hydrogen) atoms. The first-order chi connectivity index (χ1) is 21.1. The first-order valence-corrected chi connectivity index (χ1v) is 18.0. The normalized spacial score (nSPS) is 14.5. The maximum atomic E-state index is 12.1. The average molecular weight is 750 g/mol. The van der Waals surface area contributed by atoms with Crippen molar-refractivity contribution in [2.75, 3.05) is 87.4 Å². The van der Waals surface area contributed by atoms with Crippen LogP contribution in [0.1, 0.15) is 0 Å². The van der Waals surface area contributed by atoms with E-state index < -0.39 is 45.6 Å². The number of nitrogens with zero attached hydrogens (tertiary/aromatic N) is 3. The molecular weight excluding hydrogens is 713 g/mol. The molecule has 0 radical (unpaired) electrons. The Hall–Kier alpha value is -2.38. The number of rotatable bonds is 11. The lowest BCUT2D eigenvalue weighted by molar-refractivity contribution is -0.154. The summed E-state index contributed by atoms with van der Waals surface area (Å²) in [6, 6.07) is 12.0. The minimum atomic E-state index is -4.36. The van der Waals surface area contributed by atoms with Crippen molar-refractivity contribution in [2.24, 2.45) is 0 Å². The molecule has 2 N–H and O–H groups in total. The summed E-state index contributed by atoms with van der Waals surface area (Å²) in [7, 11) is -6.30. The molecule has 264 valence electrons. The highest BCUT2D eigenvalue weighted by Crippen LogP contribution is 2.23. The van der Waals surface area contributed by atoms with Crippen LogP contribution in [0.3, 0.4) is 0 Å². The van der Waals surface area contributed by atoms with Crippen molar-refractivity contribution in [1.82, 2.24) is 8.61 Å². The summed E-state index contributed by atoms with van der Waals surface area (Å²) in [4.78, 5) is 1.98. The number of nitrogen functional groups attached to an aromatic ring is 1. The van der Waals surface area contributed by atoms with Crippen molar-refractivity contribution in [1.29, 1.82) is 0 Å². The van der Waals surface area contributed by atoms with E-state index in [-0.39, 0.29) is 11.5 Å². The number of benzene rings is 2. The molecule has 0 unspecified atom stereocenters. The van der Waals surface area contributed by atoms with Gasteiger partial charge in [0.1, 0.15) is 11.5 Å². The van der Waals surface area contributed by atoms with Crippen LogP contribution in [0.4, 0.5) is 37.7 Å².